The molecule has 0 aromatic carbocycles. The fourth-order valence-corrected chi connectivity index (χ4v) is 2.96. The van der Waals surface area contributed by atoms with E-state index in [2.05, 4.69) is 32.5 Å². The van der Waals surface area contributed by atoms with Crippen LogP contribution < -0.4 is 10.6 Å². The standard InChI is InChI=1S/C15H21N5OS/c1-3-4-5-13-20-11(2)14(22-13)15(21)19-9-8-18-12-10-16-6-7-17-12/h6-7,10H,3-5,8-9H2,1-2H3,(H,17,18)(H,19,21). The van der Waals surface area contributed by atoms with Crippen LogP contribution in [0.25, 0.3) is 0 Å². The van der Waals surface area contributed by atoms with Gasteiger partial charge in [0.05, 0.1) is 16.9 Å². The van der Waals surface area contributed by atoms with Crippen molar-refractivity contribution in [3.05, 3.63) is 34.2 Å². The van der Waals surface area contributed by atoms with E-state index >= 15 is 0 Å². The molecule has 2 aromatic rings. The van der Waals surface area contributed by atoms with Gasteiger partial charge in [-0.15, -0.1) is 11.3 Å². The van der Waals surface area contributed by atoms with Gasteiger partial charge in [-0.2, -0.15) is 0 Å². The second kappa shape index (κ2) is 8.43. The summed E-state index contributed by atoms with van der Waals surface area (Å²) in [5.41, 5.74) is 0.815. The second-order valence-corrected chi connectivity index (χ2v) is 5.98. The molecule has 0 saturated heterocycles. The third-order valence-corrected chi connectivity index (χ3v) is 4.29. The topological polar surface area (TPSA) is 79.8 Å². The average Bonchev–Trinajstić information content (AvgIpc) is 2.91. The zero-order chi connectivity index (χ0) is 15.8. The van der Waals surface area contributed by atoms with Crippen molar-refractivity contribution in [1.82, 2.24) is 20.3 Å². The zero-order valence-electron chi connectivity index (χ0n) is 12.9. The van der Waals surface area contributed by atoms with E-state index in [9.17, 15) is 4.79 Å². The fourth-order valence-electron chi connectivity index (χ4n) is 1.94. The molecule has 0 spiro atoms. The van der Waals surface area contributed by atoms with E-state index in [0.29, 0.717) is 23.8 Å². The second-order valence-electron chi connectivity index (χ2n) is 4.90. The summed E-state index contributed by atoms with van der Waals surface area (Å²) in [6.07, 6.45) is 8.08. The molecular formula is C15H21N5OS. The van der Waals surface area contributed by atoms with Crippen LogP contribution in [0, 0.1) is 6.92 Å². The zero-order valence-corrected chi connectivity index (χ0v) is 13.7. The fraction of sp³-hybridized carbons (Fsp3) is 0.467. The maximum Gasteiger partial charge on any atom is 0.263 e. The largest absolute Gasteiger partial charge is 0.367 e. The van der Waals surface area contributed by atoms with Crippen molar-refractivity contribution in [2.45, 2.75) is 33.1 Å². The van der Waals surface area contributed by atoms with Gasteiger partial charge in [0.25, 0.3) is 5.91 Å². The summed E-state index contributed by atoms with van der Waals surface area (Å²) in [5.74, 6) is 0.645. The Hall–Kier alpha value is -2.02. The maximum atomic E-state index is 12.2. The summed E-state index contributed by atoms with van der Waals surface area (Å²) in [6, 6.07) is 0. The SMILES string of the molecule is CCCCc1nc(C)c(C(=O)NCCNc2cnccn2)s1. The van der Waals surface area contributed by atoms with Crippen LogP contribution in [0.2, 0.25) is 0 Å². The van der Waals surface area contributed by atoms with Crippen LogP contribution in [0.4, 0.5) is 5.82 Å². The van der Waals surface area contributed by atoms with E-state index in [0.717, 1.165) is 30.0 Å². The number of carbonyl (C=O) groups is 1. The monoisotopic (exact) mass is 319 g/mol. The Kier molecular flexibility index (Phi) is 6.27. The van der Waals surface area contributed by atoms with Gasteiger partial charge in [0, 0.05) is 25.5 Å². The number of rotatable bonds is 8. The van der Waals surface area contributed by atoms with Crippen LogP contribution in [-0.2, 0) is 6.42 Å². The Bertz CT molecular complexity index is 599. The summed E-state index contributed by atoms with van der Waals surface area (Å²) in [7, 11) is 0. The van der Waals surface area contributed by atoms with Crippen LogP contribution in [-0.4, -0.2) is 33.9 Å². The summed E-state index contributed by atoms with van der Waals surface area (Å²) in [6.45, 7) is 5.17. The van der Waals surface area contributed by atoms with Crippen LogP contribution in [0.15, 0.2) is 18.6 Å². The Morgan fingerprint density at radius 3 is 2.91 bits per heavy atom. The molecule has 118 valence electrons. The predicted octanol–water partition coefficient (Wildman–Crippen LogP) is 2.43. The van der Waals surface area contributed by atoms with Crippen molar-refractivity contribution < 1.29 is 4.79 Å². The molecule has 22 heavy (non-hydrogen) atoms. The van der Waals surface area contributed by atoms with Crippen molar-refractivity contribution in [2.75, 3.05) is 18.4 Å². The molecular weight excluding hydrogens is 298 g/mol. The van der Waals surface area contributed by atoms with Gasteiger partial charge in [-0.05, 0) is 19.8 Å². The number of aryl methyl sites for hydroxylation is 2. The predicted molar refractivity (Wildman–Crippen MR) is 88.3 cm³/mol. The number of amides is 1. The van der Waals surface area contributed by atoms with Crippen LogP contribution in [0.3, 0.4) is 0 Å². The molecule has 2 heterocycles. The lowest BCUT2D eigenvalue weighted by Gasteiger charge is -2.06. The Labute approximate surface area is 134 Å². The number of anilines is 1. The first-order chi connectivity index (χ1) is 10.7. The molecule has 2 rings (SSSR count). The van der Waals surface area contributed by atoms with Crippen LogP contribution >= 0.6 is 11.3 Å². The molecule has 0 aliphatic carbocycles. The quantitative estimate of drug-likeness (QED) is 0.731. The minimum atomic E-state index is -0.0568. The van der Waals surface area contributed by atoms with E-state index in [4.69, 9.17) is 0 Å². The first-order valence-electron chi connectivity index (χ1n) is 7.45. The average molecular weight is 319 g/mol. The number of unbranched alkanes of at least 4 members (excludes halogenated alkanes) is 1. The Morgan fingerprint density at radius 2 is 2.18 bits per heavy atom. The van der Waals surface area contributed by atoms with Crippen molar-refractivity contribution in [1.29, 1.82) is 0 Å². The Morgan fingerprint density at radius 1 is 1.32 bits per heavy atom. The summed E-state index contributed by atoms with van der Waals surface area (Å²) >= 11 is 1.50. The number of aromatic nitrogens is 3. The molecule has 0 unspecified atom stereocenters. The van der Waals surface area contributed by atoms with Gasteiger partial charge in [0.15, 0.2) is 0 Å². The van der Waals surface area contributed by atoms with Gasteiger partial charge in [-0.25, -0.2) is 9.97 Å². The minimum Gasteiger partial charge on any atom is -0.367 e. The highest BCUT2D eigenvalue weighted by atomic mass is 32.1. The number of thiazole rings is 1. The molecule has 0 saturated carbocycles. The molecule has 0 aliphatic rings. The third-order valence-electron chi connectivity index (χ3n) is 3.07. The van der Waals surface area contributed by atoms with Gasteiger partial charge in [-0.1, -0.05) is 13.3 Å². The van der Waals surface area contributed by atoms with Crippen LogP contribution in [0.1, 0.15) is 40.1 Å². The van der Waals surface area contributed by atoms with Crippen LogP contribution in [0.5, 0.6) is 0 Å². The van der Waals surface area contributed by atoms with Gasteiger partial charge < -0.3 is 10.6 Å². The summed E-state index contributed by atoms with van der Waals surface area (Å²) in [5, 5.41) is 7.04. The number of carbonyl (C=O) groups excluding carboxylic acids is 1. The number of nitrogens with one attached hydrogen (secondary N) is 2. The lowest BCUT2D eigenvalue weighted by Crippen LogP contribution is -2.28. The van der Waals surface area contributed by atoms with E-state index < -0.39 is 0 Å². The van der Waals surface area contributed by atoms with Gasteiger partial charge in [0.2, 0.25) is 0 Å². The van der Waals surface area contributed by atoms with E-state index in [1.54, 1.807) is 18.6 Å². The van der Waals surface area contributed by atoms with Crippen molar-refractivity contribution in [3.63, 3.8) is 0 Å². The first-order valence-corrected chi connectivity index (χ1v) is 8.26. The molecule has 0 radical (unpaired) electrons. The maximum absolute atomic E-state index is 12.2. The third kappa shape index (κ3) is 4.77. The molecule has 0 fully saturated rings. The highest BCUT2D eigenvalue weighted by Gasteiger charge is 2.14. The molecule has 0 atom stereocenters. The Balaban J connectivity index is 1.78. The van der Waals surface area contributed by atoms with Gasteiger partial charge in [0.1, 0.15) is 10.7 Å². The number of hydrogen-bond acceptors (Lipinski definition) is 6. The van der Waals surface area contributed by atoms with E-state index in [-0.39, 0.29) is 5.91 Å². The lowest BCUT2D eigenvalue weighted by atomic mass is 10.3. The highest BCUT2D eigenvalue weighted by molar-refractivity contribution is 7.13. The lowest BCUT2D eigenvalue weighted by molar-refractivity contribution is 0.0958. The first kappa shape index (κ1) is 16.4. The van der Waals surface area contributed by atoms with Crippen molar-refractivity contribution in [3.8, 4) is 0 Å². The molecule has 7 heteroatoms. The molecule has 6 nitrogen and oxygen atoms in total. The van der Waals surface area contributed by atoms with E-state index in [1.165, 1.54) is 11.3 Å². The summed E-state index contributed by atoms with van der Waals surface area (Å²) < 4.78 is 0. The normalized spacial score (nSPS) is 10.5. The molecule has 1 amide bonds. The van der Waals surface area contributed by atoms with Gasteiger partial charge >= 0.3 is 0 Å². The number of hydrogen-bond donors (Lipinski definition) is 2. The number of nitrogens with zero attached hydrogens (tertiary/aromatic N) is 3. The smallest absolute Gasteiger partial charge is 0.263 e. The molecule has 0 aliphatic heterocycles. The molecule has 2 N–H and O–H groups in total. The minimum absolute atomic E-state index is 0.0568. The van der Waals surface area contributed by atoms with E-state index in [1.807, 2.05) is 6.92 Å². The highest BCUT2D eigenvalue weighted by Crippen LogP contribution is 2.19. The van der Waals surface area contributed by atoms with Crippen molar-refractivity contribution >= 4 is 23.1 Å². The summed E-state index contributed by atoms with van der Waals surface area (Å²) in [4.78, 5) is 25.4. The molecule has 2 aromatic heterocycles. The molecule has 0 bridgehead atoms. The van der Waals surface area contributed by atoms with Gasteiger partial charge in [-0.3, -0.25) is 9.78 Å². The van der Waals surface area contributed by atoms with Crippen molar-refractivity contribution in [2.24, 2.45) is 0 Å².